The van der Waals surface area contributed by atoms with Gasteiger partial charge < -0.3 is 14.9 Å². The van der Waals surface area contributed by atoms with Gasteiger partial charge in [-0.3, -0.25) is 4.98 Å². The Morgan fingerprint density at radius 3 is 2.85 bits per heavy atom. The summed E-state index contributed by atoms with van der Waals surface area (Å²) in [5.74, 6) is 0.451. The molecule has 1 aromatic heterocycles. The summed E-state index contributed by atoms with van der Waals surface area (Å²) in [5.41, 5.74) is 4.16. The molecule has 2 fully saturated rings. The van der Waals surface area contributed by atoms with Gasteiger partial charge in [0.2, 0.25) is 0 Å². The lowest BCUT2D eigenvalue weighted by molar-refractivity contribution is -0.161. The smallest absolute Gasteiger partial charge is 0.104 e. The number of hydrogen-bond acceptors (Lipinski definition) is 4. The summed E-state index contributed by atoms with van der Waals surface area (Å²) in [6.07, 6.45) is 14.9. The SMILES string of the molecule is CCC1CC23CCC4(O2)C(=CCC2(C)C(c5ccc6ccncc6c5)=CCC24)C=C3C(O)C1O. The van der Waals surface area contributed by atoms with Crippen molar-refractivity contribution in [2.24, 2.45) is 17.3 Å². The molecule has 2 N–H and O–H groups in total. The zero-order chi connectivity index (χ0) is 23.3. The van der Waals surface area contributed by atoms with Crippen LogP contribution < -0.4 is 0 Å². The lowest BCUT2D eigenvalue weighted by atomic mass is 9.58. The van der Waals surface area contributed by atoms with Crippen LogP contribution in [-0.2, 0) is 4.74 Å². The Hall–Kier alpha value is -2.27. The predicted molar refractivity (Wildman–Crippen MR) is 133 cm³/mol. The quantitative estimate of drug-likeness (QED) is 0.640. The fraction of sp³-hybridized carbons (Fsp3) is 0.500. The van der Waals surface area contributed by atoms with Crippen molar-refractivity contribution in [2.45, 2.75) is 75.8 Å². The largest absolute Gasteiger partial charge is 0.390 e. The van der Waals surface area contributed by atoms with Crippen LogP contribution in [0.15, 0.2) is 66.0 Å². The molecule has 5 aliphatic rings. The van der Waals surface area contributed by atoms with Crippen molar-refractivity contribution < 1.29 is 14.9 Å². The first-order valence-corrected chi connectivity index (χ1v) is 12.9. The number of fused-ring (bicyclic) bond motifs is 2. The Labute approximate surface area is 201 Å². The van der Waals surface area contributed by atoms with Crippen molar-refractivity contribution in [3.63, 3.8) is 0 Å². The third-order valence-electron chi connectivity index (χ3n) is 10.0. The fourth-order valence-electron chi connectivity index (χ4n) is 8.23. The number of aromatic nitrogens is 1. The number of allylic oxidation sites excluding steroid dienone is 3. The van der Waals surface area contributed by atoms with E-state index in [1.807, 2.05) is 12.4 Å². The monoisotopic (exact) mass is 455 g/mol. The van der Waals surface area contributed by atoms with Crippen LogP contribution in [0.3, 0.4) is 0 Å². The van der Waals surface area contributed by atoms with E-state index in [4.69, 9.17) is 4.74 Å². The van der Waals surface area contributed by atoms with E-state index in [-0.39, 0.29) is 16.9 Å². The topological polar surface area (TPSA) is 62.6 Å². The first-order chi connectivity index (χ1) is 16.4. The minimum atomic E-state index is -0.826. The summed E-state index contributed by atoms with van der Waals surface area (Å²) in [6.45, 7) is 4.53. The molecular weight excluding hydrogens is 422 g/mol. The molecule has 2 bridgehead atoms. The Morgan fingerprint density at radius 1 is 1.12 bits per heavy atom. The molecule has 0 amide bonds. The van der Waals surface area contributed by atoms with Crippen molar-refractivity contribution in [1.29, 1.82) is 0 Å². The van der Waals surface area contributed by atoms with E-state index in [2.05, 4.69) is 61.3 Å². The molecule has 7 unspecified atom stereocenters. The summed E-state index contributed by atoms with van der Waals surface area (Å²) in [6, 6.07) is 8.83. The van der Waals surface area contributed by atoms with Crippen molar-refractivity contribution in [3.05, 3.63) is 71.6 Å². The van der Waals surface area contributed by atoms with Crippen LogP contribution in [-0.4, -0.2) is 38.6 Å². The highest BCUT2D eigenvalue weighted by Gasteiger charge is 2.67. The number of nitrogens with zero attached hydrogens (tertiary/aromatic N) is 1. The minimum Gasteiger partial charge on any atom is -0.390 e. The van der Waals surface area contributed by atoms with Crippen LogP contribution in [0.25, 0.3) is 16.3 Å². The number of aliphatic hydroxyl groups excluding tert-OH is 2. The van der Waals surface area contributed by atoms with Gasteiger partial charge in [-0.05, 0) is 77.8 Å². The van der Waals surface area contributed by atoms with E-state index in [0.29, 0.717) is 5.92 Å². The molecular formula is C30H33NO3. The van der Waals surface area contributed by atoms with Gasteiger partial charge in [-0.1, -0.05) is 50.6 Å². The standard InChI is InChI=1S/C30H33NO3/c1-3-18-16-29-11-12-30(34-29)22(15-24(29)27(33)26(18)32)8-10-28(2)23(6-7-25(28)30)20-5-4-19-9-13-31-17-21(19)14-20/h4-6,8-9,13-15,17-18,25-27,32-33H,3,7,10-12,16H2,1-2H3. The minimum absolute atomic E-state index is 0.00716. The van der Waals surface area contributed by atoms with Gasteiger partial charge in [-0.15, -0.1) is 0 Å². The van der Waals surface area contributed by atoms with Crippen LogP contribution in [0.2, 0.25) is 0 Å². The highest BCUT2D eigenvalue weighted by Crippen LogP contribution is 2.68. The number of benzene rings is 1. The summed E-state index contributed by atoms with van der Waals surface area (Å²) in [4.78, 5) is 4.33. The molecule has 7 rings (SSSR count). The molecule has 1 aromatic carbocycles. The summed E-state index contributed by atoms with van der Waals surface area (Å²) in [5, 5.41) is 24.2. The summed E-state index contributed by atoms with van der Waals surface area (Å²) >= 11 is 0. The van der Waals surface area contributed by atoms with Crippen molar-refractivity contribution in [2.75, 3.05) is 0 Å². The van der Waals surface area contributed by atoms with E-state index >= 15 is 0 Å². The van der Waals surface area contributed by atoms with Crippen LogP contribution in [0, 0.1) is 17.3 Å². The zero-order valence-corrected chi connectivity index (χ0v) is 20.0. The third kappa shape index (κ3) is 2.52. The van der Waals surface area contributed by atoms with Crippen LogP contribution in [0.1, 0.15) is 57.9 Å². The summed E-state index contributed by atoms with van der Waals surface area (Å²) in [7, 11) is 0. The second-order valence-corrected chi connectivity index (χ2v) is 11.5. The molecule has 7 atom stereocenters. The molecule has 4 nitrogen and oxygen atoms in total. The van der Waals surface area contributed by atoms with E-state index in [1.165, 1.54) is 27.5 Å². The second kappa shape index (κ2) is 6.90. The molecule has 3 heterocycles. The molecule has 2 aliphatic heterocycles. The Kier molecular flexibility index (Phi) is 4.27. The van der Waals surface area contributed by atoms with Gasteiger partial charge in [-0.25, -0.2) is 0 Å². The van der Waals surface area contributed by atoms with Gasteiger partial charge in [0.1, 0.15) is 6.10 Å². The fourth-order valence-corrected chi connectivity index (χ4v) is 8.23. The van der Waals surface area contributed by atoms with Crippen molar-refractivity contribution >= 4 is 16.3 Å². The number of hydrogen-bond donors (Lipinski definition) is 2. The lowest BCUT2D eigenvalue weighted by Gasteiger charge is -2.55. The first-order valence-electron chi connectivity index (χ1n) is 12.9. The van der Waals surface area contributed by atoms with Gasteiger partial charge in [0.05, 0.1) is 17.3 Å². The molecule has 4 heteroatoms. The number of ether oxygens (including phenoxy) is 1. The van der Waals surface area contributed by atoms with Crippen LogP contribution in [0.5, 0.6) is 0 Å². The molecule has 34 heavy (non-hydrogen) atoms. The first kappa shape index (κ1) is 21.0. The van der Waals surface area contributed by atoms with Gasteiger partial charge in [0, 0.05) is 29.1 Å². The molecule has 2 spiro atoms. The number of aliphatic hydroxyl groups is 2. The molecule has 1 saturated heterocycles. The average Bonchev–Trinajstić information content (AvgIpc) is 3.37. The normalized spacial score (nSPS) is 42.4. The average molecular weight is 456 g/mol. The van der Waals surface area contributed by atoms with Crippen molar-refractivity contribution in [1.82, 2.24) is 4.98 Å². The Bertz CT molecular complexity index is 1290. The lowest BCUT2D eigenvalue weighted by Crippen LogP contribution is -2.58. The van der Waals surface area contributed by atoms with Gasteiger partial charge >= 0.3 is 0 Å². The number of pyridine rings is 1. The molecule has 3 aliphatic carbocycles. The second-order valence-electron chi connectivity index (χ2n) is 11.5. The predicted octanol–water partition coefficient (Wildman–Crippen LogP) is 5.35. The van der Waals surface area contributed by atoms with Gasteiger partial charge in [0.25, 0.3) is 0 Å². The van der Waals surface area contributed by atoms with E-state index in [0.717, 1.165) is 44.1 Å². The molecule has 0 radical (unpaired) electrons. The van der Waals surface area contributed by atoms with Crippen LogP contribution in [0.4, 0.5) is 0 Å². The molecule has 1 saturated carbocycles. The highest BCUT2D eigenvalue weighted by atomic mass is 16.5. The van der Waals surface area contributed by atoms with E-state index in [1.54, 1.807) is 0 Å². The maximum Gasteiger partial charge on any atom is 0.104 e. The van der Waals surface area contributed by atoms with Gasteiger partial charge in [0.15, 0.2) is 0 Å². The molecule has 2 aromatic rings. The van der Waals surface area contributed by atoms with E-state index in [9.17, 15) is 10.2 Å². The van der Waals surface area contributed by atoms with Crippen molar-refractivity contribution in [3.8, 4) is 0 Å². The third-order valence-corrected chi connectivity index (χ3v) is 10.0. The van der Waals surface area contributed by atoms with Gasteiger partial charge in [-0.2, -0.15) is 0 Å². The Morgan fingerprint density at radius 2 is 2.00 bits per heavy atom. The maximum absolute atomic E-state index is 11.1. The highest BCUT2D eigenvalue weighted by molar-refractivity contribution is 5.87. The maximum atomic E-state index is 11.1. The van der Waals surface area contributed by atoms with E-state index < -0.39 is 17.8 Å². The van der Waals surface area contributed by atoms with Crippen LogP contribution >= 0.6 is 0 Å². The number of rotatable bonds is 2. The summed E-state index contributed by atoms with van der Waals surface area (Å²) < 4.78 is 7.21. The Balaban J connectivity index is 1.30. The molecule has 176 valence electrons. The zero-order valence-electron chi connectivity index (χ0n) is 20.0.